The second-order valence-corrected chi connectivity index (χ2v) is 9.14. The molecule has 2 aromatic carbocycles. The SMILES string of the molecule is CC(C)OCCCNCc1cccc(CCNC(O)Cc2ccc(O)c3[nH]c(=O)sc23)c1.Cl.Cl. The summed E-state index contributed by atoms with van der Waals surface area (Å²) in [6.45, 7) is 7.24. The molecule has 10 heteroatoms. The zero-order valence-electron chi connectivity index (χ0n) is 19.5. The molecule has 34 heavy (non-hydrogen) atoms. The van der Waals surface area contributed by atoms with E-state index in [1.165, 1.54) is 11.1 Å². The fraction of sp³-hybridized carbons (Fsp3) is 0.458. The van der Waals surface area contributed by atoms with Gasteiger partial charge in [0.1, 0.15) is 17.5 Å². The molecule has 190 valence electrons. The van der Waals surface area contributed by atoms with Crippen molar-refractivity contribution in [2.45, 2.75) is 52.0 Å². The number of hydrogen-bond acceptors (Lipinski definition) is 7. The summed E-state index contributed by atoms with van der Waals surface area (Å²) < 4.78 is 6.24. The summed E-state index contributed by atoms with van der Waals surface area (Å²) in [7, 11) is 0. The minimum absolute atomic E-state index is 0. The van der Waals surface area contributed by atoms with E-state index >= 15 is 0 Å². The first-order chi connectivity index (χ1) is 15.4. The number of aromatic nitrogens is 1. The minimum atomic E-state index is -0.738. The minimum Gasteiger partial charge on any atom is -0.506 e. The molecule has 0 amide bonds. The summed E-state index contributed by atoms with van der Waals surface area (Å²) in [6.07, 6.45) is 1.69. The standard InChI is InChI=1S/C24H33N3O4S.2ClH/c1-16(2)31-12-4-10-25-15-18-6-3-5-17(13-18)9-11-26-21(29)14-19-7-8-20(28)22-23(19)32-24(30)27-22;;/h3,5-8,13,16,21,25-26,28-29H,4,9-12,14-15H2,1-2H3,(H,27,30);2*1H. The van der Waals surface area contributed by atoms with Crippen LogP contribution in [-0.4, -0.2) is 47.2 Å². The van der Waals surface area contributed by atoms with Crippen LogP contribution in [0, 0.1) is 0 Å². The second kappa shape index (κ2) is 15.4. The van der Waals surface area contributed by atoms with Gasteiger partial charge in [-0.15, -0.1) is 24.8 Å². The Bertz CT molecular complexity index is 1060. The van der Waals surface area contributed by atoms with Gasteiger partial charge in [-0.1, -0.05) is 41.7 Å². The van der Waals surface area contributed by atoms with Crippen LogP contribution >= 0.6 is 36.2 Å². The van der Waals surface area contributed by atoms with Gasteiger partial charge in [-0.2, -0.15) is 0 Å². The van der Waals surface area contributed by atoms with Gasteiger partial charge in [-0.05, 0) is 56.0 Å². The third-order valence-corrected chi connectivity index (χ3v) is 6.07. The summed E-state index contributed by atoms with van der Waals surface area (Å²) in [5.74, 6) is 0.0443. The van der Waals surface area contributed by atoms with Crippen molar-refractivity contribution < 1.29 is 14.9 Å². The highest BCUT2D eigenvalue weighted by Crippen LogP contribution is 2.28. The first-order valence-corrected chi connectivity index (χ1v) is 11.9. The Hall–Kier alpha value is -1.65. The topological polar surface area (TPSA) is 107 Å². The van der Waals surface area contributed by atoms with Crippen LogP contribution in [0.5, 0.6) is 5.75 Å². The average Bonchev–Trinajstić information content (AvgIpc) is 3.15. The van der Waals surface area contributed by atoms with Crippen molar-refractivity contribution in [1.29, 1.82) is 0 Å². The van der Waals surface area contributed by atoms with E-state index in [2.05, 4.69) is 39.9 Å². The van der Waals surface area contributed by atoms with Crippen molar-refractivity contribution in [1.82, 2.24) is 15.6 Å². The first-order valence-electron chi connectivity index (χ1n) is 11.1. The molecule has 1 aromatic heterocycles. The van der Waals surface area contributed by atoms with E-state index in [-0.39, 0.29) is 41.5 Å². The zero-order chi connectivity index (χ0) is 22.9. The fourth-order valence-corrected chi connectivity index (χ4v) is 4.42. The summed E-state index contributed by atoms with van der Waals surface area (Å²) in [5, 5.41) is 26.9. The molecule has 3 rings (SSSR count). The molecule has 1 atom stereocenters. The van der Waals surface area contributed by atoms with Crippen molar-refractivity contribution in [2.24, 2.45) is 0 Å². The Balaban J connectivity index is 0.00000289. The number of nitrogens with one attached hydrogen (secondary N) is 3. The van der Waals surface area contributed by atoms with E-state index in [0.717, 1.165) is 49.4 Å². The number of phenolic OH excluding ortho intramolecular Hbond substituents is 1. The molecular weight excluding hydrogens is 497 g/mol. The van der Waals surface area contributed by atoms with Crippen molar-refractivity contribution in [3.05, 3.63) is 62.8 Å². The lowest BCUT2D eigenvalue weighted by atomic mass is 10.1. The summed E-state index contributed by atoms with van der Waals surface area (Å²) in [6, 6.07) is 11.7. The van der Waals surface area contributed by atoms with Crippen molar-refractivity contribution in [3.63, 3.8) is 0 Å². The number of aromatic hydroxyl groups is 1. The lowest BCUT2D eigenvalue weighted by Gasteiger charge is -2.14. The van der Waals surface area contributed by atoms with Gasteiger partial charge in [0.05, 0.1) is 10.8 Å². The van der Waals surface area contributed by atoms with Crippen LogP contribution in [-0.2, 0) is 24.1 Å². The molecule has 5 N–H and O–H groups in total. The molecule has 0 fully saturated rings. The number of aromatic amines is 1. The Morgan fingerprint density at radius 1 is 1.12 bits per heavy atom. The third-order valence-electron chi connectivity index (χ3n) is 5.12. The number of rotatable bonds is 13. The fourth-order valence-electron chi connectivity index (χ4n) is 3.54. The number of fused-ring (bicyclic) bond motifs is 1. The monoisotopic (exact) mass is 531 g/mol. The number of ether oxygens (including phenoxy) is 1. The van der Waals surface area contributed by atoms with Gasteiger partial charge in [-0.3, -0.25) is 10.1 Å². The molecule has 0 radical (unpaired) electrons. The number of H-pyrrole nitrogens is 1. The van der Waals surface area contributed by atoms with Gasteiger partial charge in [0, 0.05) is 26.1 Å². The van der Waals surface area contributed by atoms with Crippen LogP contribution < -0.4 is 15.5 Å². The molecule has 3 aromatic rings. The maximum atomic E-state index is 11.6. The maximum Gasteiger partial charge on any atom is 0.305 e. The molecule has 0 aliphatic carbocycles. The molecular formula is C24H35Cl2N3O4S. The second-order valence-electron chi connectivity index (χ2n) is 8.16. The highest BCUT2D eigenvalue weighted by molar-refractivity contribution is 7.16. The van der Waals surface area contributed by atoms with Gasteiger partial charge < -0.3 is 25.3 Å². The van der Waals surface area contributed by atoms with Gasteiger partial charge in [-0.25, -0.2) is 0 Å². The number of phenols is 1. The van der Waals surface area contributed by atoms with Gasteiger partial charge in [0.25, 0.3) is 0 Å². The van der Waals surface area contributed by atoms with Crippen molar-refractivity contribution in [2.75, 3.05) is 19.7 Å². The van der Waals surface area contributed by atoms with E-state index < -0.39 is 6.23 Å². The lowest BCUT2D eigenvalue weighted by Crippen LogP contribution is -2.32. The van der Waals surface area contributed by atoms with Gasteiger partial charge in [0.2, 0.25) is 0 Å². The van der Waals surface area contributed by atoms with Crippen molar-refractivity contribution >= 4 is 46.4 Å². The average molecular weight is 533 g/mol. The van der Waals surface area contributed by atoms with Gasteiger partial charge >= 0.3 is 4.87 Å². The zero-order valence-corrected chi connectivity index (χ0v) is 22.0. The Morgan fingerprint density at radius 3 is 2.65 bits per heavy atom. The molecule has 0 saturated heterocycles. The van der Waals surface area contributed by atoms with E-state index in [9.17, 15) is 15.0 Å². The number of thiazole rings is 1. The molecule has 0 spiro atoms. The first kappa shape index (κ1) is 30.4. The lowest BCUT2D eigenvalue weighted by molar-refractivity contribution is 0.0770. The van der Waals surface area contributed by atoms with Gasteiger partial charge in [0.15, 0.2) is 0 Å². The molecule has 0 aliphatic heterocycles. The Morgan fingerprint density at radius 2 is 1.88 bits per heavy atom. The molecule has 7 nitrogen and oxygen atoms in total. The Labute approximate surface area is 216 Å². The molecule has 0 bridgehead atoms. The maximum absolute atomic E-state index is 11.6. The van der Waals surface area contributed by atoms with Crippen LogP contribution in [0.15, 0.2) is 41.2 Å². The predicted molar refractivity (Wildman–Crippen MR) is 144 cm³/mol. The largest absolute Gasteiger partial charge is 0.506 e. The van der Waals surface area contributed by atoms with E-state index in [4.69, 9.17) is 4.74 Å². The highest BCUT2D eigenvalue weighted by Gasteiger charge is 2.13. The number of hydrogen-bond donors (Lipinski definition) is 5. The van der Waals surface area contributed by atoms with E-state index in [0.29, 0.717) is 23.2 Å². The smallest absolute Gasteiger partial charge is 0.305 e. The van der Waals surface area contributed by atoms with Crippen LogP contribution in [0.2, 0.25) is 0 Å². The number of aliphatic hydroxyl groups is 1. The predicted octanol–water partition coefficient (Wildman–Crippen LogP) is 3.74. The quantitative estimate of drug-likeness (QED) is 0.170. The summed E-state index contributed by atoms with van der Waals surface area (Å²) in [4.78, 5) is 14.1. The molecule has 1 heterocycles. The Kier molecular flexibility index (Phi) is 13.7. The summed E-state index contributed by atoms with van der Waals surface area (Å²) >= 11 is 1.05. The van der Waals surface area contributed by atoms with E-state index in [1.807, 2.05) is 13.8 Å². The summed E-state index contributed by atoms with van der Waals surface area (Å²) in [5.41, 5.74) is 3.71. The van der Waals surface area contributed by atoms with Crippen LogP contribution in [0.4, 0.5) is 0 Å². The number of aliphatic hydroxyl groups excluding tert-OH is 1. The molecule has 0 saturated carbocycles. The van der Waals surface area contributed by atoms with Crippen LogP contribution in [0.1, 0.15) is 37.0 Å². The van der Waals surface area contributed by atoms with Crippen molar-refractivity contribution in [3.8, 4) is 5.75 Å². The normalized spacial score (nSPS) is 11.9. The van der Waals surface area contributed by atoms with E-state index in [1.54, 1.807) is 12.1 Å². The molecule has 1 unspecified atom stereocenters. The van der Waals surface area contributed by atoms with Crippen LogP contribution in [0.3, 0.4) is 0 Å². The molecule has 0 aliphatic rings. The number of benzene rings is 2. The number of halogens is 2. The highest BCUT2D eigenvalue weighted by atomic mass is 35.5. The van der Waals surface area contributed by atoms with Crippen LogP contribution in [0.25, 0.3) is 10.2 Å². The third kappa shape index (κ3) is 9.54.